The van der Waals surface area contributed by atoms with Crippen LogP contribution < -0.4 is 5.32 Å². The van der Waals surface area contributed by atoms with E-state index in [0.29, 0.717) is 0 Å². The first-order valence-electron chi connectivity index (χ1n) is 6.02. The fourth-order valence-electron chi connectivity index (χ4n) is 1.67. The van der Waals surface area contributed by atoms with Gasteiger partial charge in [0.05, 0.1) is 0 Å². The van der Waals surface area contributed by atoms with Gasteiger partial charge < -0.3 is 10.1 Å². The second-order valence-corrected chi connectivity index (χ2v) is 5.42. The summed E-state index contributed by atoms with van der Waals surface area (Å²) in [5, 5.41) is 2.51. The molecule has 0 saturated carbocycles. The Bertz CT molecular complexity index is 360. The lowest BCUT2D eigenvalue weighted by Crippen LogP contribution is -2.40. The van der Waals surface area contributed by atoms with Gasteiger partial charge in [-0.1, -0.05) is 6.92 Å². The molecular formula is C12H20N2O4. The summed E-state index contributed by atoms with van der Waals surface area (Å²) < 4.78 is 5.04. The summed E-state index contributed by atoms with van der Waals surface area (Å²) in [6.07, 6.45) is -0.291. The molecule has 0 aromatic rings. The summed E-state index contributed by atoms with van der Waals surface area (Å²) in [5.74, 6) is -0.608. The van der Waals surface area contributed by atoms with E-state index in [-0.39, 0.29) is 37.2 Å². The lowest BCUT2D eigenvalue weighted by molar-refractivity contribution is -0.139. The first kappa shape index (κ1) is 14.5. The van der Waals surface area contributed by atoms with Crippen molar-refractivity contribution >= 4 is 17.9 Å². The quantitative estimate of drug-likeness (QED) is 0.761. The molecule has 1 aliphatic heterocycles. The average molecular weight is 256 g/mol. The molecule has 0 radical (unpaired) electrons. The molecule has 18 heavy (non-hydrogen) atoms. The van der Waals surface area contributed by atoms with Crippen molar-refractivity contribution in [3.8, 4) is 0 Å². The van der Waals surface area contributed by atoms with Gasteiger partial charge >= 0.3 is 6.09 Å². The van der Waals surface area contributed by atoms with E-state index in [1.165, 1.54) is 4.90 Å². The molecule has 0 spiro atoms. The fourth-order valence-corrected chi connectivity index (χ4v) is 1.67. The Hall–Kier alpha value is -1.59. The largest absolute Gasteiger partial charge is 0.444 e. The third-order valence-electron chi connectivity index (χ3n) is 2.47. The second kappa shape index (κ2) is 5.37. The minimum absolute atomic E-state index is 0.175. The van der Waals surface area contributed by atoms with E-state index in [1.807, 2.05) is 0 Å². The Morgan fingerprint density at radius 1 is 1.44 bits per heavy atom. The number of ether oxygens (including phenoxy) is 1. The van der Waals surface area contributed by atoms with Crippen molar-refractivity contribution in [1.29, 1.82) is 0 Å². The molecule has 1 saturated heterocycles. The summed E-state index contributed by atoms with van der Waals surface area (Å²) in [6.45, 7) is 7.42. The predicted octanol–water partition coefficient (Wildman–Crippen LogP) is 0.906. The first-order chi connectivity index (χ1) is 8.20. The van der Waals surface area contributed by atoms with Crippen molar-refractivity contribution in [2.45, 2.75) is 39.7 Å². The van der Waals surface area contributed by atoms with Gasteiger partial charge in [-0.2, -0.15) is 0 Å². The maximum atomic E-state index is 11.6. The number of hydrogen-bond donors (Lipinski definition) is 1. The molecule has 0 bridgehead atoms. The van der Waals surface area contributed by atoms with Gasteiger partial charge in [-0.25, -0.2) is 4.79 Å². The second-order valence-electron chi connectivity index (χ2n) is 5.42. The predicted molar refractivity (Wildman–Crippen MR) is 64.7 cm³/mol. The zero-order valence-corrected chi connectivity index (χ0v) is 11.3. The molecule has 0 aliphatic carbocycles. The lowest BCUT2D eigenvalue weighted by atomic mass is 10.1. The van der Waals surface area contributed by atoms with E-state index in [0.717, 1.165) is 0 Å². The number of imide groups is 1. The Kier molecular flexibility index (Phi) is 4.32. The van der Waals surface area contributed by atoms with Crippen LogP contribution in [0.25, 0.3) is 0 Å². The van der Waals surface area contributed by atoms with Crippen LogP contribution in [-0.4, -0.2) is 41.5 Å². The normalized spacial score (nSPS) is 20.2. The zero-order chi connectivity index (χ0) is 13.9. The number of likely N-dealkylation sites (tertiary alicyclic amines) is 1. The average Bonchev–Trinajstić information content (AvgIpc) is 2.41. The van der Waals surface area contributed by atoms with Crippen molar-refractivity contribution in [2.75, 3.05) is 13.1 Å². The maximum absolute atomic E-state index is 11.6. The standard InChI is InChI=1S/C12H20N2O4/c1-8-7-9(15)14(10(8)16)6-5-13-11(17)18-12(2,3)4/h8H,5-7H2,1-4H3,(H,13,17)/t8-/m0/s1. The molecular weight excluding hydrogens is 236 g/mol. The van der Waals surface area contributed by atoms with E-state index in [4.69, 9.17) is 4.74 Å². The minimum atomic E-state index is -0.558. The van der Waals surface area contributed by atoms with Crippen LogP contribution in [0.1, 0.15) is 34.1 Å². The number of rotatable bonds is 3. The van der Waals surface area contributed by atoms with Crippen LogP contribution >= 0.6 is 0 Å². The van der Waals surface area contributed by atoms with Gasteiger partial charge in [0.15, 0.2) is 0 Å². The molecule has 0 unspecified atom stereocenters. The highest BCUT2D eigenvalue weighted by atomic mass is 16.6. The van der Waals surface area contributed by atoms with Crippen molar-refractivity contribution in [2.24, 2.45) is 5.92 Å². The molecule has 6 nitrogen and oxygen atoms in total. The number of nitrogens with zero attached hydrogens (tertiary/aromatic N) is 1. The summed E-state index contributed by atoms with van der Waals surface area (Å²) in [7, 11) is 0. The van der Waals surface area contributed by atoms with Gasteiger partial charge in [-0.05, 0) is 20.8 Å². The number of carbonyl (C=O) groups is 3. The molecule has 1 fully saturated rings. The van der Waals surface area contributed by atoms with E-state index in [1.54, 1.807) is 27.7 Å². The van der Waals surface area contributed by atoms with Crippen LogP contribution in [0.4, 0.5) is 4.79 Å². The van der Waals surface area contributed by atoms with Crippen LogP contribution in [0.3, 0.4) is 0 Å². The Morgan fingerprint density at radius 2 is 2.06 bits per heavy atom. The summed E-state index contributed by atoms with van der Waals surface area (Å²) >= 11 is 0. The number of alkyl carbamates (subject to hydrolysis) is 1. The van der Waals surface area contributed by atoms with Gasteiger partial charge in [0.25, 0.3) is 0 Å². The Balaban J connectivity index is 2.32. The van der Waals surface area contributed by atoms with E-state index >= 15 is 0 Å². The molecule has 102 valence electrons. The fraction of sp³-hybridized carbons (Fsp3) is 0.750. The monoisotopic (exact) mass is 256 g/mol. The highest BCUT2D eigenvalue weighted by molar-refractivity contribution is 6.03. The molecule has 0 aromatic heterocycles. The van der Waals surface area contributed by atoms with Gasteiger partial charge in [0, 0.05) is 25.4 Å². The summed E-state index contributed by atoms with van der Waals surface area (Å²) in [4.78, 5) is 35.6. The van der Waals surface area contributed by atoms with Gasteiger partial charge in [-0.3, -0.25) is 14.5 Å². The minimum Gasteiger partial charge on any atom is -0.444 e. The number of carbonyl (C=O) groups excluding carboxylic acids is 3. The van der Waals surface area contributed by atoms with Crippen molar-refractivity contribution in [1.82, 2.24) is 10.2 Å². The molecule has 1 N–H and O–H groups in total. The third kappa shape index (κ3) is 4.01. The maximum Gasteiger partial charge on any atom is 0.407 e. The molecule has 1 heterocycles. The highest BCUT2D eigenvalue weighted by Gasteiger charge is 2.35. The number of nitrogens with one attached hydrogen (secondary N) is 1. The highest BCUT2D eigenvalue weighted by Crippen LogP contribution is 2.17. The van der Waals surface area contributed by atoms with Gasteiger partial charge in [0.1, 0.15) is 5.60 Å². The SMILES string of the molecule is C[C@H]1CC(=O)N(CCNC(=O)OC(C)(C)C)C1=O. The smallest absolute Gasteiger partial charge is 0.407 e. The lowest BCUT2D eigenvalue weighted by Gasteiger charge is -2.20. The number of hydrogen-bond acceptors (Lipinski definition) is 4. The number of amides is 3. The van der Waals surface area contributed by atoms with Gasteiger partial charge in [-0.15, -0.1) is 0 Å². The van der Waals surface area contributed by atoms with Crippen molar-refractivity contribution in [3.63, 3.8) is 0 Å². The molecule has 3 amide bonds. The summed E-state index contributed by atoms with van der Waals surface area (Å²) in [6, 6.07) is 0. The molecule has 1 atom stereocenters. The Labute approximate surface area is 107 Å². The molecule has 0 aromatic carbocycles. The van der Waals surface area contributed by atoms with Crippen LogP contribution in [0.2, 0.25) is 0 Å². The van der Waals surface area contributed by atoms with Gasteiger partial charge in [0.2, 0.25) is 11.8 Å². The molecule has 1 rings (SSSR count). The topological polar surface area (TPSA) is 75.7 Å². The molecule has 1 aliphatic rings. The van der Waals surface area contributed by atoms with Crippen LogP contribution in [-0.2, 0) is 14.3 Å². The third-order valence-corrected chi connectivity index (χ3v) is 2.47. The van der Waals surface area contributed by atoms with Crippen LogP contribution in [0.15, 0.2) is 0 Å². The van der Waals surface area contributed by atoms with Crippen LogP contribution in [0, 0.1) is 5.92 Å². The zero-order valence-electron chi connectivity index (χ0n) is 11.3. The Morgan fingerprint density at radius 3 is 2.50 bits per heavy atom. The van der Waals surface area contributed by atoms with E-state index in [9.17, 15) is 14.4 Å². The molecule has 6 heteroatoms. The van der Waals surface area contributed by atoms with Crippen molar-refractivity contribution in [3.05, 3.63) is 0 Å². The van der Waals surface area contributed by atoms with Crippen molar-refractivity contribution < 1.29 is 19.1 Å². The van der Waals surface area contributed by atoms with E-state index in [2.05, 4.69) is 5.32 Å². The first-order valence-corrected chi connectivity index (χ1v) is 6.02. The summed E-state index contributed by atoms with van der Waals surface area (Å²) in [5.41, 5.74) is -0.558. The van der Waals surface area contributed by atoms with E-state index < -0.39 is 11.7 Å². The van der Waals surface area contributed by atoms with Crippen LogP contribution in [0.5, 0.6) is 0 Å².